The average Bonchev–Trinajstić information content (AvgIpc) is 2.28. The van der Waals surface area contributed by atoms with Crippen molar-refractivity contribution in [3.63, 3.8) is 0 Å². The molecule has 1 heterocycles. The standard InChI is InChI=1S/C8H8ClFN4O2/c9-4-1-5(8(10)12-2-4)7(16)6(15)3-13-14-11/h1-2,6-7,15-16H,3H2. The van der Waals surface area contributed by atoms with E-state index in [1.165, 1.54) is 0 Å². The Morgan fingerprint density at radius 2 is 2.31 bits per heavy atom. The first-order valence-corrected chi connectivity index (χ1v) is 4.62. The van der Waals surface area contributed by atoms with Gasteiger partial charge in [0.2, 0.25) is 5.95 Å². The maximum Gasteiger partial charge on any atom is 0.218 e. The Hall–Kier alpha value is -1.40. The SMILES string of the molecule is [N-]=[N+]=NCC(O)C(O)c1cc(Cl)cnc1F. The summed E-state index contributed by atoms with van der Waals surface area (Å²) in [5.41, 5.74) is 7.78. The van der Waals surface area contributed by atoms with E-state index in [0.717, 1.165) is 12.3 Å². The molecule has 0 bridgehead atoms. The van der Waals surface area contributed by atoms with Gasteiger partial charge in [0.05, 0.1) is 17.7 Å². The lowest BCUT2D eigenvalue weighted by atomic mass is 10.1. The van der Waals surface area contributed by atoms with Crippen LogP contribution in [-0.2, 0) is 0 Å². The monoisotopic (exact) mass is 246 g/mol. The fourth-order valence-corrected chi connectivity index (χ4v) is 1.24. The Kier molecular flexibility index (Phi) is 4.45. The molecule has 0 aliphatic carbocycles. The van der Waals surface area contributed by atoms with Crippen molar-refractivity contribution in [2.45, 2.75) is 12.2 Å². The summed E-state index contributed by atoms with van der Waals surface area (Å²) in [6, 6.07) is 1.15. The summed E-state index contributed by atoms with van der Waals surface area (Å²) in [5, 5.41) is 22.1. The second-order valence-electron chi connectivity index (χ2n) is 2.96. The molecule has 0 aromatic carbocycles. The van der Waals surface area contributed by atoms with Crippen LogP contribution in [-0.4, -0.2) is 27.8 Å². The van der Waals surface area contributed by atoms with Gasteiger partial charge in [-0.05, 0) is 11.6 Å². The molecule has 0 radical (unpaired) electrons. The van der Waals surface area contributed by atoms with Crippen LogP contribution in [0, 0.1) is 5.95 Å². The summed E-state index contributed by atoms with van der Waals surface area (Å²) in [6.07, 6.45) is -1.88. The molecule has 0 saturated carbocycles. The molecule has 0 fully saturated rings. The molecule has 0 aliphatic heterocycles. The molecule has 0 saturated heterocycles. The van der Waals surface area contributed by atoms with Crippen molar-refractivity contribution in [2.24, 2.45) is 5.11 Å². The number of pyridine rings is 1. The molecule has 8 heteroatoms. The van der Waals surface area contributed by atoms with Gasteiger partial charge < -0.3 is 10.2 Å². The van der Waals surface area contributed by atoms with Crippen molar-refractivity contribution >= 4 is 11.6 Å². The zero-order chi connectivity index (χ0) is 12.1. The third-order valence-electron chi connectivity index (χ3n) is 1.85. The molecule has 6 nitrogen and oxygen atoms in total. The fraction of sp³-hybridized carbons (Fsp3) is 0.375. The minimum absolute atomic E-state index is 0.131. The van der Waals surface area contributed by atoms with Crippen LogP contribution >= 0.6 is 11.6 Å². The van der Waals surface area contributed by atoms with Crippen molar-refractivity contribution in [3.8, 4) is 0 Å². The third-order valence-corrected chi connectivity index (χ3v) is 2.05. The second kappa shape index (κ2) is 5.62. The minimum Gasteiger partial charge on any atom is -0.390 e. The summed E-state index contributed by atoms with van der Waals surface area (Å²) >= 11 is 5.57. The Morgan fingerprint density at radius 1 is 1.62 bits per heavy atom. The highest BCUT2D eigenvalue weighted by atomic mass is 35.5. The van der Waals surface area contributed by atoms with Gasteiger partial charge in [-0.3, -0.25) is 0 Å². The molecule has 2 N–H and O–H groups in total. The van der Waals surface area contributed by atoms with E-state index in [1.54, 1.807) is 0 Å². The fourth-order valence-electron chi connectivity index (χ4n) is 1.07. The van der Waals surface area contributed by atoms with Gasteiger partial charge in [-0.2, -0.15) is 4.39 Å². The normalized spacial score (nSPS) is 14.0. The predicted octanol–water partition coefficient (Wildman–Crippen LogP) is 1.58. The van der Waals surface area contributed by atoms with Crippen LogP contribution < -0.4 is 0 Å². The molecule has 0 aliphatic rings. The third kappa shape index (κ3) is 3.04. The highest BCUT2D eigenvalue weighted by molar-refractivity contribution is 6.30. The molecule has 0 spiro atoms. The van der Waals surface area contributed by atoms with Gasteiger partial charge in [-0.15, -0.1) is 0 Å². The lowest BCUT2D eigenvalue weighted by Gasteiger charge is -2.16. The lowest BCUT2D eigenvalue weighted by molar-refractivity contribution is 0.0218. The van der Waals surface area contributed by atoms with Gasteiger partial charge in [0.25, 0.3) is 0 Å². The zero-order valence-electron chi connectivity index (χ0n) is 7.96. The Labute approximate surface area is 94.9 Å². The topological polar surface area (TPSA) is 102 Å². The Morgan fingerprint density at radius 3 is 2.94 bits per heavy atom. The van der Waals surface area contributed by atoms with Crippen LogP contribution in [0.2, 0.25) is 5.02 Å². The maximum absolute atomic E-state index is 13.2. The lowest BCUT2D eigenvalue weighted by Crippen LogP contribution is -2.22. The highest BCUT2D eigenvalue weighted by Gasteiger charge is 2.22. The van der Waals surface area contributed by atoms with E-state index in [2.05, 4.69) is 15.0 Å². The minimum atomic E-state index is -1.54. The van der Waals surface area contributed by atoms with Gasteiger partial charge in [-0.1, -0.05) is 16.7 Å². The first-order valence-electron chi connectivity index (χ1n) is 4.24. The first kappa shape index (κ1) is 12.7. The number of rotatable bonds is 4. The Balaban J connectivity index is 2.90. The molecule has 1 aromatic heterocycles. The van der Waals surface area contributed by atoms with Gasteiger partial charge >= 0.3 is 0 Å². The molecule has 16 heavy (non-hydrogen) atoms. The smallest absolute Gasteiger partial charge is 0.218 e. The van der Waals surface area contributed by atoms with Crippen molar-refractivity contribution in [1.29, 1.82) is 0 Å². The van der Waals surface area contributed by atoms with E-state index in [1.807, 2.05) is 0 Å². The molecule has 0 amide bonds. The van der Waals surface area contributed by atoms with Gasteiger partial charge in [-0.25, -0.2) is 4.98 Å². The van der Waals surface area contributed by atoms with Gasteiger partial charge in [0.1, 0.15) is 6.10 Å². The summed E-state index contributed by atoms with van der Waals surface area (Å²) < 4.78 is 13.2. The van der Waals surface area contributed by atoms with E-state index in [9.17, 15) is 14.6 Å². The highest BCUT2D eigenvalue weighted by Crippen LogP contribution is 2.22. The van der Waals surface area contributed by atoms with Crippen LogP contribution in [0.15, 0.2) is 17.4 Å². The molecule has 1 aromatic rings. The van der Waals surface area contributed by atoms with Crippen molar-refractivity contribution in [2.75, 3.05) is 6.54 Å². The van der Waals surface area contributed by atoms with Crippen LogP contribution in [0.25, 0.3) is 10.4 Å². The number of halogens is 2. The number of aliphatic hydroxyl groups is 2. The molecule has 1 rings (SSSR count). The number of nitrogens with zero attached hydrogens (tertiary/aromatic N) is 4. The van der Waals surface area contributed by atoms with E-state index in [4.69, 9.17) is 17.1 Å². The summed E-state index contributed by atoms with van der Waals surface area (Å²) in [4.78, 5) is 5.70. The number of hydrogen-bond donors (Lipinski definition) is 2. The first-order chi connectivity index (χ1) is 7.56. The summed E-state index contributed by atoms with van der Waals surface area (Å²) in [6.45, 7) is -0.371. The van der Waals surface area contributed by atoms with Gasteiger partial charge in [0.15, 0.2) is 0 Å². The number of aliphatic hydroxyl groups excluding tert-OH is 2. The quantitative estimate of drug-likeness (QED) is 0.365. The maximum atomic E-state index is 13.2. The molecule has 2 atom stereocenters. The molecular weight excluding hydrogens is 239 g/mol. The van der Waals surface area contributed by atoms with Crippen molar-refractivity contribution in [1.82, 2.24) is 4.98 Å². The zero-order valence-corrected chi connectivity index (χ0v) is 8.71. The number of aromatic nitrogens is 1. The van der Waals surface area contributed by atoms with Crippen LogP contribution in [0.1, 0.15) is 11.7 Å². The van der Waals surface area contributed by atoms with Crippen LogP contribution in [0.3, 0.4) is 0 Å². The predicted molar refractivity (Wildman–Crippen MR) is 54.2 cm³/mol. The summed E-state index contributed by atoms with van der Waals surface area (Å²) in [7, 11) is 0. The second-order valence-corrected chi connectivity index (χ2v) is 3.40. The van der Waals surface area contributed by atoms with Crippen LogP contribution in [0.4, 0.5) is 4.39 Å². The molecular formula is C8H8ClFN4O2. The average molecular weight is 247 g/mol. The van der Waals surface area contributed by atoms with Crippen molar-refractivity contribution < 1.29 is 14.6 Å². The largest absolute Gasteiger partial charge is 0.390 e. The Bertz CT molecular complexity index is 424. The van der Waals surface area contributed by atoms with E-state index in [-0.39, 0.29) is 17.1 Å². The number of azide groups is 1. The van der Waals surface area contributed by atoms with Crippen molar-refractivity contribution in [3.05, 3.63) is 39.2 Å². The summed E-state index contributed by atoms with van der Waals surface area (Å²) in [5.74, 6) is -0.933. The van der Waals surface area contributed by atoms with Gasteiger partial charge in [0, 0.05) is 16.7 Å². The van der Waals surface area contributed by atoms with E-state index >= 15 is 0 Å². The van der Waals surface area contributed by atoms with E-state index < -0.39 is 18.2 Å². The number of hydrogen-bond acceptors (Lipinski definition) is 4. The van der Waals surface area contributed by atoms with Crippen LogP contribution in [0.5, 0.6) is 0 Å². The molecule has 86 valence electrons. The van der Waals surface area contributed by atoms with E-state index in [0.29, 0.717) is 0 Å². The molecule has 2 unspecified atom stereocenters.